The predicted octanol–water partition coefficient (Wildman–Crippen LogP) is 0.728. The van der Waals surface area contributed by atoms with Crippen molar-refractivity contribution in [3.05, 3.63) is 33.7 Å². The van der Waals surface area contributed by atoms with Gasteiger partial charge in [0.25, 0.3) is 5.56 Å². The summed E-state index contributed by atoms with van der Waals surface area (Å²) in [5, 5.41) is 11.3. The summed E-state index contributed by atoms with van der Waals surface area (Å²) in [5.74, 6) is 0.328. The third-order valence-electron chi connectivity index (χ3n) is 4.73. The first kappa shape index (κ1) is 14.3. The number of nitrogens with zero attached hydrogens (tertiary/aromatic N) is 3. The average molecular weight is 321 g/mol. The van der Waals surface area contributed by atoms with Gasteiger partial charge in [0.15, 0.2) is 4.96 Å². The normalized spacial score (nSPS) is 29.0. The summed E-state index contributed by atoms with van der Waals surface area (Å²) >= 11 is 1.48. The summed E-state index contributed by atoms with van der Waals surface area (Å²) in [4.78, 5) is 19.8. The number of hydrogen-bond donors (Lipinski definition) is 1. The zero-order valence-electron chi connectivity index (χ0n) is 12.2. The first-order valence-electron chi connectivity index (χ1n) is 7.67. The molecular formula is C15H19N3O3S. The van der Waals surface area contributed by atoms with Crippen molar-refractivity contribution in [2.75, 3.05) is 19.8 Å². The van der Waals surface area contributed by atoms with Gasteiger partial charge in [-0.3, -0.25) is 14.1 Å². The molecule has 4 rings (SSSR count). The lowest BCUT2D eigenvalue weighted by atomic mass is 10.1. The lowest BCUT2D eigenvalue weighted by molar-refractivity contribution is -0.0594. The van der Waals surface area contributed by atoms with E-state index in [9.17, 15) is 9.90 Å². The van der Waals surface area contributed by atoms with E-state index in [2.05, 4.69) is 9.88 Å². The highest BCUT2D eigenvalue weighted by Gasteiger charge is 2.40. The molecule has 3 heterocycles. The molecule has 0 radical (unpaired) electrons. The van der Waals surface area contributed by atoms with E-state index in [1.54, 1.807) is 16.7 Å². The van der Waals surface area contributed by atoms with Crippen molar-refractivity contribution in [3.63, 3.8) is 0 Å². The number of ether oxygens (including phenoxy) is 1. The number of thiazole rings is 1. The third-order valence-corrected chi connectivity index (χ3v) is 5.49. The Balaban J connectivity index is 1.57. The predicted molar refractivity (Wildman–Crippen MR) is 83.1 cm³/mol. The van der Waals surface area contributed by atoms with E-state index in [0.29, 0.717) is 25.1 Å². The fourth-order valence-corrected chi connectivity index (χ4v) is 4.39. The SMILES string of the molecule is O=c1cc(CN2CCOC3C[C@H](CO)C[C@@H]32)nc2sccn12. The van der Waals surface area contributed by atoms with E-state index >= 15 is 0 Å². The minimum atomic E-state index is -0.0225. The summed E-state index contributed by atoms with van der Waals surface area (Å²) in [5.41, 5.74) is 0.797. The van der Waals surface area contributed by atoms with Crippen molar-refractivity contribution >= 4 is 16.3 Å². The van der Waals surface area contributed by atoms with Crippen molar-refractivity contribution in [1.82, 2.24) is 14.3 Å². The summed E-state index contributed by atoms with van der Waals surface area (Å²) in [6.45, 7) is 2.46. The molecule has 1 N–H and O–H groups in total. The van der Waals surface area contributed by atoms with E-state index in [1.807, 2.05) is 5.38 Å². The second-order valence-electron chi connectivity index (χ2n) is 6.11. The standard InChI is InChI=1S/C15H19N3O3S/c19-9-10-5-12-13(6-10)21-3-1-17(12)8-11-7-14(20)18-2-4-22-15(18)16-11/h2,4,7,10,12-13,19H,1,3,5-6,8-9H2/t10-,12+,13?/m1/s1. The highest BCUT2D eigenvalue weighted by Crippen LogP contribution is 2.34. The molecule has 2 aromatic rings. The molecule has 0 amide bonds. The van der Waals surface area contributed by atoms with Gasteiger partial charge in [-0.05, 0) is 18.8 Å². The molecule has 22 heavy (non-hydrogen) atoms. The van der Waals surface area contributed by atoms with Crippen LogP contribution >= 0.6 is 11.3 Å². The molecule has 1 aliphatic carbocycles. The van der Waals surface area contributed by atoms with Crippen LogP contribution in [0, 0.1) is 5.92 Å². The van der Waals surface area contributed by atoms with Gasteiger partial charge in [-0.25, -0.2) is 4.98 Å². The van der Waals surface area contributed by atoms with Gasteiger partial charge in [-0.2, -0.15) is 0 Å². The molecule has 7 heteroatoms. The van der Waals surface area contributed by atoms with Gasteiger partial charge in [0.05, 0.1) is 18.4 Å². The van der Waals surface area contributed by atoms with E-state index < -0.39 is 0 Å². The Morgan fingerprint density at radius 3 is 3.23 bits per heavy atom. The lowest BCUT2D eigenvalue weighted by Gasteiger charge is -2.37. The van der Waals surface area contributed by atoms with Crippen LogP contribution < -0.4 is 5.56 Å². The van der Waals surface area contributed by atoms with Crippen molar-refractivity contribution in [2.45, 2.75) is 31.5 Å². The first-order chi connectivity index (χ1) is 10.7. The van der Waals surface area contributed by atoms with Crippen LogP contribution in [0.25, 0.3) is 4.96 Å². The number of aliphatic hydroxyl groups excluding tert-OH is 1. The maximum atomic E-state index is 12.1. The smallest absolute Gasteiger partial charge is 0.258 e. The largest absolute Gasteiger partial charge is 0.396 e. The van der Waals surface area contributed by atoms with Crippen molar-refractivity contribution in [3.8, 4) is 0 Å². The molecular weight excluding hydrogens is 302 g/mol. The molecule has 3 atom stereocenters. The van der Waals surface area contributed by atoms with Gasteiger partial charge in [0, 0.05) is 43.4 Å². The van der Waals surface area contributed by atoms with E-state index in [1.165, 1.54) is 11.3 Å². The van der Waals surface area contributed by atoms with Crippen LogP contribution in [0.4, 0.5) is 0 Å². The Morgan fingerprint density at radius 1 is 1.45 bits per heavy atom. The monoisotopic (exact) mass is 321 g/mol. The molecule has 118 valence electrons. The highest BCUT2D eigenvalue weighted by molar-refractivity contribution is 7.15. The molecule has 2 fully saturated rings. The second kappa shape index (κ2) is 5.73. The molecule has 1 saturated heterocycles. The summed E-state index contributed by atoms with van der Waals surface area (Å²) in [7, 11) is 0. The lowest BCUT2D eigenvalue weighted by Crippen LogP contribution is -2.48. The van der Waals surface area contributed by atoms with Crippen LogP contribution in [0.2, 0.25) is 0 Å². The quantitative estimate of drug-likeness (QED) is 0.903. The minimum absolute atomic E-state index is 0.0225. The van der Waals surface area contributed by atoms with Crippen molar-refractivity contribution in [2.24, 2.45) is 5.92 Å². The van der Waals surface area contributed by atoms with Crippen LogP contribution in [0.15, 0.2) is 22.4 Å². The minimum Gasteiger partial charge on any atom is -0.396 e. The average Bonchev–Trinajstić information content (AvgIpc) is 3.13. The Kier molecular flexibility index (Phi) is 3.73. The molecule has 1 saturated carbocycles. The van der Waals surface area contributed by atoms with Gasteiger partial charge in [0.1, 0.15) is 0 Å². The summed E-state index contributed by atoms with van der Waals surface area (Å²) in [6.07, 6.45) is 3.85. The zero-order chi connectivity index (χ0) is 15.1. The number of aromatic nitrogens is 2. The maximum absolute atomic E-state index is 12.1. The molecule has 2 aliphatic rings. The zero-order valence-corrected chi connectivity index (χ0v) is 13.0. The van der Waals surface area contributed by atoms with E-state index in [4.69, 9.17) is 4.74 Å². The number of morpholine rings is 1. The first-order valence-corrected chi connectivity index (χ1v) is 8.55. The number of fused-ring (bicyclic) bond motifs is 2. The topological polar surface area (TPSA) is 67.1 Å². The van der Waals surface area contributed by atoms with Crippen LogP contribution in [-0.2, 0) is 11.3 Å². The molecule has 2 aromatic heterocycles. The van der Waals surface area contributed by atoms with Gasteiger partial charge in [0.2, 0.25) is 0 Å². The fourth-order valence-electron chi connectivity index (χ4n) is 3.65. The van der Waals surface area contributed by atoms with Gasteiger partial charge in [-0.15, -0.1) is 11.3 Å². The maximum Gasteiger partial charge on any atom is 0.258 e. The van der Waals surface area contributed by atoms with Gasteiger partial charge in [-0.1, -0.05) is 0 Å². The Bertz CT molecular complexity index is 728. The Morgan fingerprint density at radius 2 is 2.36 bits per heavy atom. The van der Waals surface area contributed by atoms with Crippen molar-refractivity contribution in [1.29, 1.82) is 0 Å². The number of hydrogen-bond acceptors (Lipinski definition) is 6. The van der Waals surface area contributed by atoms with Crippen LogP contribution in [-0.4, -0.2) is 51.3 Å². The van der Waals surface area contributed by atoms with Crippen LogP contribution in [0.1, 0.15) is 18.5 Å². The van der Waals surface area contributed by atoms with Gasteiger partial charge >= 0.3 is 0 Å². The second-order valence-corrected chi connectivity index (χ2v) is 6.98. The fraction of sp³-hybridized carbons (Fsp3) is 0.600. The van der Waals surface area contributed by atoms with E-state index in [-0.39, 0.29) is 18.3 Å². The Hall–Kier alpha value is -1.28. The molecule has 1 unspecified atom stereocenters. The summed E-state index contributed by atoms with van der Waals surface area (Å²) < 4.78 is 7.42. The summed E-state index contributed by atoms with van der Waals surface area (Å²) in [6, 6.07) is 1.96. The van der Waals surface area contributed by atoms with Gasteiger partial charge < -0.3 is 9.84 Å². The molecule has 6 nitrogen and oxygen atoms in total. The van der Waals surface area contributed by atoms with Crippen LogP contribution in [0.3, 0.4) is 0 Å². The highest BCUT2D eigenvalue weighted by atomic mass is 32.1. The molecule has 0 aromatic carbocycles. The number of aliphatic hydroxyl groups is 1. The molecule has 1 aliphatic heterocycles. The Labute approximate surface area is 132 Å². The molecule has 0 bridgehead atoms. The van der Waals surface area contributed by atoms with Crippen molar-refractivity contribution < 1.29 is 9.84 Å². The molecule has 0 spiro atoms. The number of rotatable bonds is 3. The third kappa shape index (κ3) is 2.48. The van der Waals surface area contributed by atoms with Crippen LogP contribution in [0.5, 0.6) is 0 Å². The van der Waals surface area contributed by atoms with E-state index in [0.717, 1.165) is 30.0 Å².